The summed E-state index contributed by atoms with van der Waals surface area (Å²) in [7, 11) is 1.46. The van der Waals surface area contributed by atoms with Crippen LogP contribution in [0.15, 0.2) is 28.6 Å². The number of hydrogen-bond donors (Lipinski definition) is 2. The molecule has 10 heteroatoms. The Morgan fingerprint density at radius 2 is 1.88 bits per heavy atom. The monoisotopic (exact) mass is 384 g/mol. The van der Waals surface area contributed by atoms with Crippen LogP contribution in [0, 0.1) is 0 Å². The van der Waals surface area contributed by atoms with Crippen molar-refractivity contribution < 1.29 is 14.4 Å². The number of thioether (sulfide) groups is 1. The van der Waals surface area contributed by atoms with E-state index in [0.29, 0.717) is 14.9 Å². The summed E-state index contributed by atoms with van der Waals surface area (Å²) < 4.78 is 0.408. The number of carbonyl (C=O) groups excluding carboxylic acids is 3. The third-order valence-corrected chi connectivity index (χ3v) is 5.29. The van der Waals surface area contributed by atoms with Crippen LogP contribution in [-0.2, 0) is 9.59 Å². The van der Waals surface area contributed by atoms with Gasteiger partial charge in [-0.2, -0.15) is 0 Å². The molecule has 1 unspecified atom stereocenters. The van der Waals surface area contributed by atoms with Crippen LogP contribution in [0.3, 0.4) is 0 Å². The average Bonchev–Trinajstić information content (AvgIpc) is 2.99. The number of nitrogens with zero attached hydrogens (tertiary/aromatic N) is 2. The Morgan fingerprint density at radius 1 is 1.21 bits per heavy atom. The van der Waals surface area contributed by atoms with Crippen LogP contribution in [0.25, 0.3) is 0 Å². The van der Waals surface area contributed by atoms with E-state index >= 15 is 0 Å². The lowest BCUT2D eigenvalue weighted by molar-refractivity contribution is -0.126. The third-order valence-electron chi connectivity index (χ3n) is 2.81. The van der Waals surface area contributed by atoms with Crippen molar-refractivity contribution in [2.45, 2.75) is 16.5 Å². The van der Waals surface area contributed by atoms with Crippen molar-refractivity contribution in [2.75, 3.05) is 12.4 Å². The van der Waals surface area contributed by atoms with Crippen LogP contribution in [0.4, 0.5) is 5.13 Å². The SMILES string of the molecule is CNC(=O)C(Sc1nnc(NC(=O)c2ccc(Cl)cc2)s1)C(C)=O. The van der Waals surface area contributed by atoms with Gasteiger partial charge >= 0.3 is 0 Å². The Bertz CT molecular complexity index is 764. The minimum Gasteiger partial charge on any atom is -0.358 e. The van der Waals surface area contributed by atoms with E-state index in [9.17, 15) is 14.4 Å². The Labute approximate surface area is 151 Å². The summed E-state index contributed by atoms with van der Waals surface area (Å²) >= 11 is 7.85. The van der Waals surface area contributed by atoms with E-state index in [1.807, 2.05) is 0 Å². The molecule has 0 aliphatic rings. The van der Waals surface area contributed by atoms with Crippen LogP contribution < -0.4 is 10.6 Å². The van der Waals surface area contributed by atoms with Crippen molar-refractivity contribution in [1.82, 2.24) is 15.5 Å². The van der Waals surface area contributed by atoms with E-state index < -0.39 is 11.2 Å². The second-order valence-corrected chi connectivity index (χ2v) is 7.32. The van der Waals surface area contributed by atoms with Gasteiger partial charge in [0.05, 0.1) is 0 Å². The van der Waals surface area contributed by atoms with Crippen LogP contribution in [0.2, 0.25) is 5.02 Å². The number of amides is 2. The summed E-state index contributed by atoms with van der Waals surface area (Å²) in [5.41, 5.74) is 0.427. The van der Waals surface area contributed by atoms with Gasteiger partial charge in [0.1, 0.15) is 5.25 Å². The van der Waals surface area contributed by atoms with E-state index in [1.165, 1.54) is 14.0 Å². The largest absolute Gasteiger partial charge is 0.358 e. The highest BCUT2D eigenvalue weighted by molar-refractivity contribution is 8.03. The molecule has 2 aromatic rings. The van der Waals surface area contributed by atoms with E-state index in [1.54, 1.807) is 24.3 Å². The molecule has 0 bridgehead atoms. The first kappa shape index (κ1) is 18.4. The predicted molar refractivity (Wildman–Crippen MR) is 93.7 cm³/mol. The van der Waals surface area contributed by atoms with Crippen LogP contribution >= 0.6 is 34.7 Å². The second-order valence-electron chi connectivity index (χ2n) is 4.56. The fourth-order valence-corrected chi connectivity index (χ4v) is 3.63. The Morgan fingerprint density at radius 3 is 2.46 bits per heavy atom. The molecule has 1 heterocycles. The number of carbonyl (C=O) groups is 3. The Hall–Kier alpha value is -1.97. The molecule has 24 heavy (non-hydrogen) atoms. The maximum Gasteiger partial charge on any atom is 0.257 e. The number of ketones is 1. The highest BCUT2D eigenvalue weighted by Crippen LogP contribution is 2.29. The number of nitrogens with one attached hydrogen (secondary N) is 2. The van der Waals surface area contributed by atoms with Gasteiger partial charge < -0.3 is 5.32 Å². The lowest BCUT2D eigenvalue weighted by Crippen LogP contribution is -2.34. The minimum absolute atomic E-state index is 0.275. The van der Waals surface area contributed by atoms with Gasteiger partial charge in [-0.1, -0.05) is 34.7 Å². The standard InChI is InChI=1S/C14H13ClN4O3S2/c1-7(20)10(12(22)16-2)23-14-19-18-13(24-14)17-11(21)8-3-5-9(15)6-4-8/h3-6,10H,1-2H3,(H,16,22)(H,17,18,21). The molecule has 1 aromatic heterocycles. The van der Waals surface area contributed by atoms with E-state index in [0.717, 1.165) is 23.1 Å². The van der Waals surface area contributed by atoms with Gasteiger partial charge in [0, 0.05) is 17.6 Å². The molecule has 2 N–H and O–H groups in total. The molecule has 0 aliphatic heterocycles. The number of halogens is 1. The number of aromatic nitrogens is 2. The zero-order valence-electron chi connectivity index (χ0n) is 12.7. The van der Waals surface area contributed by atoms with Gasteiger partial charge in [-0.05, 0) is 31.2 Å². The minimum atomic E-state index is -0.900. The number of hydrogen-bond acceptors (Lipinski definition) is 7. The molecular formula is C14H13ClN4O3S2. The number of rotatable bonds is 6. The van der Waals surface area contributed by atoms with Crippen LogP contribution in [-0.4, -0.2) is 40.1 Å². The summed E-state index contributed by atoms with van der Waals surface area (Å²) in [6.07, 6.45) is 0. The highest BCUT2D eigenvalue weighted by atomic mass is 35.5. The number of benzene rings is 1. The third kappa shape index (κ3) is 4.76. The normalized spacial score (nSPS) is 11.6. The molecule has 0 aliphatic carbocycles. The van der Waals surface area contributed by atoms with Gasteiger partial charge in [-0.25, -0.2) is 0 Å². The van der Waals surface area contributed by atoms with Crippen molar-refractivity contribution in [3.05, 3.63) is 34.9 Å². The van der Waals surface area contributed by atoms with Gasteiger partial charge in [0.2, 0.25) is 11.0 Å². The van der Waals surface area contributed by atoms with Crippen LogP contribution in [0.5, 0.6) is 0 Å². The topological polar surface area (TPSA) is 101 Å². The van der Waals surface area contributed by atoms with Crippen molar-refractivity contribution >= 4 is 57.4 Å². The summed E-state index contributed by atoms with van der Waals surface area (Å²) in [5, 5.41) is 12.7. The summed E-state index contributed by atoms with van der Waals surface area (Å²) in [5.74, 6) is -1.05. The molecule has 7 nitrogen and oxygen atoms in total. The lowest BCUT2D eigenvalue weighted by Gasteiger charge is -2.08. The second kappa shape index (κ2) is 8.22. The molecule has 1 atom stereocenters. The quantitative estimate of drug-likeness (QED) is 0.450. The number of anilines is 1. The Kier molecular flexibility index (Phi) is 6.29. The van der Waals surface area contributed by atoms with Crippen molar-refractivity contribution in [2.24, 2.45) is 0 Å². The summed E-state index contributed by atoms with van der Waals surface area (Å²) in [6, 6.07) is 6.40. The Balaban J connectivity index is 2.04. The summed E-state index contributed by atoms with van der Waals surface area (Å²) in [4.78, 5) is 35.3. The molecule has 126 valence electrons. The van der Waals surface area contributed by atoms with Gasteiger partial charge in [0.15, 0.2) is 10.1 Å². The smallest absolute Gasteiger partial charge is 0.257 e. The van der Waals surface area contributed by atoms with Gasteiger partial charge in [0.25, 0.3) is 5.91 Å². The van der Waals surface area contributed by atoms with E-state index in [4.69, 9.17) is 11.6 Å². The van der Waals surface area contributed by atoms with Gasteiger partial charge in [-0.3, -0.25) is 19.7 Å². The molecule has 2 rings (SSSR count). The molecular weight excluding hydrogens is 372 g/mol. The fraction of sp³-hybridized carbons (Fsp3) is 0.214. The van der Waals surface area contributed by atoms with E-state index in [2.05, 4.69) is 20.8 Å². The molecule has 0 radical (unpaired) electrons. The predicted octanol–water partition coefficient (Wildman–Crippen LogP) is 2.24. The lowest BCUT2D eigenvalue weighted by atomic mass is 10.2. The molecule has 0 fully saturated rings. The van der Waals surface area contributed by atoms with Gasteiger partial charge in [-0.15, -0.1) is 10.2 Å². The molecule has 0 spiro atoms. The van der Waals surface area contributed by atoms with Crippen LogP contribution in [0.1, 0.15) is 17.3 Å². The highest BCUT2D eigenvalue weighted by Gasteiger charge is 2.25. The maximum absolute atomic E-state index is 12.1. The first-order valence-electron chi connectivity index (χ1n) is 6.70. The molecule has 0 saturated heterocycles. The summed E-state index contributed by atoms with van der Waals surface area (Å²) in [6.45, 7) is 1.33. The zero-order chi connectivity index (χ0) is 17.7. The van der Waals surface area contributed by atoms with Crippen molar-refractivity contribution in [1.29, 1.82) is 0 Å². The fourth-order valence-electron chi connectivity index (χ4n) is 1.63. The van der Waals surface area contributed by atoms with E-state index in [-0.39, 0.29) is 16.8 Å². The van der Waals surface area contributed by atoms with Crippen molar-refractivity contribution in [3.63, 3.8) is 0 Å². The molecule has 2 amide bonds. The molecule has 1 aromatic carbocycles. The zero-order valence-corrected chi connectivity index (χ0v) is 15.1. The maximum atomic E-state index is 12.1. The average molecular weight is 385 g/mol. The van der Waals surface area contributed by atoms with Crippen molar-refractivity contribution in [3.8, 4) is 0 Å². The number of Topliss-reactive ketones (excluding diaryl/α,β-unsaturated/α-hetero) is 1. The first-order valence-corrected chi connectivity index (χ1v) is 8.77. The molecule has 0 saturated carbocycles. The first-order chi connectivity index (χ1) is 11.4.